The second-order valence-electron chi connectivity index (χ2n) is 4.33. The molecule has 0 aromatic carbocycles. The highest BCUT2D eigenvalue weighted by Gasteiger charge is 2.25. The van der Waals surface area contributed by atoms with E-state index >= 15 is 0 Å². The van der Waals surface area contributed by atoms with Crippen LogP contribution in [0.2, 0.25) is 0 Å². The van der Waals surface area contributed by atoms with E-state index in [1.54, 1.807) is 19.1 Å². The first-order valence-electron chi connectivity index (χ1n) is 5.36. The van der Waals surface area contributed by atoms with Gasteiger partial charge >= 0.3 is 0 Å². The minimum Gasteiger partial charge on any atom is -0.464 e. The Hall–Kier alpha value is -0.810. The van der Waals surface area contributed by atoms with Crippen molar-refractivity contribution in [2.24, 2.45) is 11.7 Å². The molecule has 92 valence electrons. The highest BCUT2D eigenvalue weighted by atomic mass is 32.2. The van der Waals surface area contributed by atoms with Gasteiger partial charge in [0.05, 0.1) is 11.8 Å². The zero-order valence-corrected chi connectivity index (χ0v) is 10.8. The molecule has 2 N–H and O–H groups in total. The standard InChI is InChI=1S/C11H19NO3S/c1-8(2)9(3)16(13,14)7-11-5-4-10(6-12)15-11/h4-5,8-9H,6-7,12H2,1-3H3. The van der Waals surface area contributed by atoms with Crippen molar-refractivity contribution in [3.63, 3.8) is 0 Å². The van der Waals surface area contributed by atoms with Gasteiger partial charge in [0.1, 0.15) is 17.3 Å². The first kappa shape index (κ1) is 13.3. The zero-order chi connectivity index (χ0) is 12.3. The van der Waals surface area contributed by atoms with Crippen molar-refractivity contribution >= 4 is 9.84 Å². The van der Waals surface area contributed by atoms with Gasteiger partial charge in [0.15, 0.2) is 9.84 Å². The molecule has 0 saturated heterocycles. The van der Waals surface area contributed by atoms with Gasteiger partial charge in [0.25, 0.3) is 0 Å². The van der Waals surface area contributed by atoms with Crippen molar-refractivity contribution in [1.82, 2.24) is 0 Å². The Morgan fingerprint density at radius 2 is 1.81 bits per heavy atom. The van der Waals surface area contributed by atoms with Crippen LogP contribution in [0.15, 0.2) is 16.5 Å². The smallest absolute Gasteiger partial charge is 0.160 e. The lowest BCUT2D eigenvalue weighted by atomic mass is 10.2. The minimum absolute atomic E-state index is 0.0493. The zero-order valence-electron chi connectivity index (χ0n) is 9.93. The number of furan rings is 1. The molecule has 0 bridgehead atoms. The van der Waals surface area contributed by atoms with Crippen LogP contribution in [-0.2, 0) is 22.1 Å². The molecule has 1 aromatic rings. The molecule has 1 atom stereocenters. The van der Waals surface area contributed by atoms with Crippen molar-refractivity contribution in [2.75, 3.05) is 0 Å². The van der Waals surface area contributed by atoms with E-state index < -0.39 is 9.84 Å². The van der Waals surface area contributed by atoms with E-state index in [0.717, 1.165) is 0 Å². The topological polar surface area (TPSA) is 73.3 Å². The van der Waals surface area contributed by atoms with Crippen molar-refractivity contribution in [3.05, 3.63) is 23.7 Å². The van der Waals surface area contributed by atoms with E-state index in [1.807, 2.05) is 13.8 Å². The monoisotopic (exact) mass is 245 g/mol. The molecule has 0 radical (unpaired) electrons. The Balaban J connectivity index is 2.80. The van der Waals surface area contributed by atoms with Gasteiger partial charge in [-0.05, 0) is 25.0 Å². The van der Waals surface area contributed by atoms with Gasteiger partial charge in [-0.1, -0.05) is 13.8 Å². The molecule has 1 heterocycles. The third-order valence-corrected chi connectivity index (χ3v) is 5.13. The minimum atomic E-state index is -3.14. The Kier molecular flexibility index (Phi) is 4.15. The second-order valence-corrected chi connectivity index (χ2v) is 6.69. The molecule has 1 unspecified atom stereocenters. The van der Waals surface area contributed by atoms with E-state index in [0.29, 0.717) is 18.1 Å². The summed E-state index contributed by atoms with van der Waals surface area (Å²) in [4.78, 5) is 0. The first-order chi connectivity index (χ1) is 7.36. The predicted octanol–water partition coefficient (Wildman–Crippen LogP) is 1.70. The molecule has 5 heteroatoms. The lowest BCUT2D eigenvalue weighted by Gasteiger charge is -2.15. The molecule has 0 fully saturated rings. The Morgan fingerprint density at radius 1 is 1.25 bits per heavy atom. The number of nitrogens with two attached hydrogens (primary N) is 1. The molecule has 0 aliphatic heterocycles. The molecular formula is C11H19NO3S. The van der Waals surface area contributed by atoms with Gasteiger partial charge < -0.3 is 10.2 Å². The predicted molar refractivity (Wildman–Crippen MR) is 63.5 cm³/mol. The van der Waals surface area contributed by atoms with Gasteiger partial charge in [-0.3, -0.25) is 0 Å². The summed E-state index contributed by atoms with van der Waals surface area (Å²) in [6.07, 6.45) is 0. The number of rotatable bonds is 5. The summed E-state index contributed by atoms with van der Waals surface area (Å²) in [6.45, 7) is 5.82. The molecule has 16 heavy (non-hydrogen) atoms. The van der Waals surface area contributed by atoms with Crippen LogP contribution < -0.4 is 5.73 Å². The van der Waals surface area contributed by atoms with E-state index in [2.05, 4.69) is 0 Å². The molecule has 4 nitrogen and oxygen atoms in total. The SMILES string of the molecule is CC(C)C(C)S(=O)(=O)Cc1ccc(CN)o1. The number of hydrogen-bond donors (Lipinski definition) is 1. The van der Waals surface area contributed by atoms with Crippen LogP contribution in [0.25, 0.3) is 0 Å². The van der Waals surface area contributed by atoms with Crippen LogP contribution in [0.1, 0.15) is 32.3 Å². The van der Waals surface area contributed by atoms with Crippen molar-refractivity contribution in [3.8, 4) is 0 Å². The Bertz CT molecular complexity index is 434. The fourth-order valence-electron chi connectivity index (χ4n) is 1.35. The third kappa shape index (κ3) is 3.09. The molecule has 0 saturated carbocycles. The molecule has 1 aromatic heterocycles. The molecule has 1 rings (SSSR count). The summed E-state index contributed by atoms with van der Waals surface area (Å²) in [7, 11) is -3.14. The molecule has 0 spiro atoms. The van der Waals surface area contributed by atoms with Crippen LogP contribution in [-0.4, -0.2) is 13.7 Å². The molecular weight excluding hydrogens is 226 g/mol. The third-order valence-electron chi connectivity index (χ3n) is 2.77. The van der Waals surface area contributed by atoms with E-state index in [4.69, 9.17) is 10.2 Å². The lowest BCUT2D eigenvalue weighted by Crippen LogP contribution is -2.24. The average molecular weight is 245 g/mol. The highest BCUT2D eigenvalue weighted by molar-refractivity contribution is 7.91. The summed E-state index contributed by atoms with van der Waals surface area (Å²) in [5, 5.41) is -0.362. The summed E-state index contributed by atoms with van der Waals surface area (Å²) >= 11 is 0. The molecule has 0 amide bonds. The highest BCUT2D eigenvalue weighted by Crippen LogP contribution is 2.18. The average Bonchev–Trinajstić information content (AvgIpc) is 2.63. The molecule has 0 aliphatic rings. The number of hydrogen-bond acceptors (Lipinski definition) is 4. The lowest BCUT2D eigenvalue weighted by molar-refractivity contribution is 0.474. The Labute approximate surface area is 96.7 Å². The summed E-state index contributed by atoms with van der Waals surface area (Å²) in [5.41, 5.74) is 5.39. The first-order valence-corrected chi connectivity index (χ1v) is 7.07. The maximum absolute atomic E-state index is 11.9. The maximum Gasteiger partial charge on any atom is 0.160 e. The van der Waals surface area contributed by atoms with Crippen LogP contribution in [0.4, 0.5) is 0 Å². The van der Waals surface area contributed by atoms with E-state index in [1.165, 1.54) is 0 Å². The van der Waals surface area contributed by atoms with Crippen molar-refractivity contribution < 1.29 is 12.8 Å². The van der Waals surface area contributed by atoms with E-state index in [9.17, 15) is 8.42 Å². The fourth-order valence-corrected chi connectivity index (χ4v) is 3.00. The van der Waals surface area contributed by atoms with E-state index in [-0.39, 0.29) is 16.9 Å². The molecule has 0 aliphatic carbocycles. The second kappa shape index (κ2) is 5.01. The van der Waals surface area contributed by atoms with Gasteiger partial charge in [-0.25, -0.2) is 8.42 Å². The normalized spacial score (nSPS) is 14.3. The maximum atomic E-state index is 11.9. The van der Waals surface area contributed by atoms with Gasteiger partial charge in [-0.2, -0.15) is 0 Å². The largest absolute Gasteiger partial charge is 0.464 e. The van der Waals surface area contributed by atoms with Gasteiger partial charge in [0, 0.05) is 0 Å². The van der Waals surface area contributed by atoms with Crippen LogP contribution in [0, 0.1) is 5.92 Å². The van der Waals surface area contributed by atoms with Crippen LogP contribution in [0.3, 0.4) is 0 Å². The van der Waals surface area contributed by atoms with Gasteiger partial charge in [-0.15, -0.1) is 0 Å². The van der Waals surface area contributed by atoms with Crippen LogP contribution >= 0.6 is 0 Å². The van der Waals surface area contributed by atoms with Gasteiger partial charge in [0.2, 0.25) is 0 Å². The quantitative estimate of drug-likeness (QED) is 0.856. The van der Waals surface area contributed by atoms with Crippen molar-refractivity contribution in [2.45, 2.75) is 38.3 Å². The summed E-state index contributed by atoms with van der Waals surface area (Å²) in [5.74, 6) is 1.14. The summed E-state index contributed by atoms with van der Waals surface area (Å²) < 4.78 is 29.2. The Morgan fingerprint density at radius 3 is 2.25 bits per heavy atom. The van der Waals surface area contributed by atoms with Crippen LogP contribution in [0.5, 0.6) is 0 Å². The summed E-state index contributed by atoms with van der Waals surface area (Å²) in [6, 6.07) is 3.39. The fraction of sp³-hybridized carbons (Fsp3) is 0.636. The number of sulfone groups is 1. The van der Waals surface area contributed by atoms with Crippen molar-refractivity contribution in [1.29, 1.82) is 0 Å².